The quantitative estimate of drug-likeness (QED) is 0.674. The van der Waals surface area contributed by atoms with E-state index >= 15 is 0 Å². The number of rotatable bonds is 5. The molecule has 1 saturated heterocycles. The number of hydrogen-bond acceptors (Lipinski definition) is 8. The number of para-hydroxylation sites is 1. The molecule has 4 rings (SSSR count). The first-order valence-electron chi connectivity index (χ1n) is 8.64. The van der Waals surface area contributed by atoms with E-state index in [2.05, 4.69) is 30.7 Å². The Morgan fingerprint density at radius 3 is 2.71 bits per heavy atom. The Morgan fingerprint density at radius 2 is 1.96 bits per heavy atom. The smallest absolute Gasteiger partial charge is 0.320 e. The van der Waals surface area contributed by atoms with Gasteiger partial charge in [0.25, 0.3) is 0 Å². The highest BCUT2D eigenvalue weighted by Gasteiger charge is 2.17. The molecule has 3 aromatic rings. The Hall–Kier alpha value is -3.14. The molecule has 28 heavy (non-hydrogen) atoms. The predicted molar refractivity (Wildman–Crippen MR) is 106 cm³/mol. The van der Waals surface area contributed by atoms with Gasteiger partial charge in [0.15, 0.2) is 0 Å². The molecule has 0 spiro atoms. The van der Waals surface area contributed by atoms with Crippen LogP contribution in [0.1, 0.15) is 10.7 Å². The highest BCUT2D eigenvalue weighted by molar-refractivity contribution is 7.99. The van der Waals surface area contributed by atoms with Crippen molar-refractivity contribution >= 4 is 40.9 Å². The van der Waals surface area contributed by atoms with Gasteiger partial charge in [-0.25, -0.2) is 9.37 Å². The summed E-state index contributed by atoms with van der Waals surface area (Å²) >= 11 is 1.93. The molecule has 2 aromatic heterocycles. The molecular formula is C18H17FN6O2S. The van der Waals surface area contributed by atoms with Crippen LogP contribution >= 0.6 is 11.8 Å². The number of hydrogen-bond donors (Lipinski definition) is 2. The number of aromatic nitrogens is 3. The second kappa shape index (κ2) is 8.26. The topological polar surface area (TPSA) is 96.2 Å². The first kappa shape index (κ1) is 18.2. The van der Waals surface area contributed by atoms with Gasteiger partial charge in [0.05, 0.1) is 17.6 Å². The van der Waals surface area contributed by atoms with Crippen molar-refractivity contribution in [1.29, 1.82) is 0 Å². The number of nitrogens with one attached hydrogen (secondary N) is 2. The van der Waals surface area contributed by atoms with E-state index in [0.717, 1.165) is 30.4 Å². The number of carbonyl (C=O) groups excluding carboxylic acids is 1. The van der Waals surface area contributed by atoms with E-state index in [9.17, 15) is 9.18 Å². The summed E-state index contributed by atoms with van der Waals surface area (Å²) in [6, 6.07) is 9.61. The lowest BCUT2D eigenvalue weighted by Crippen LogP contribution is -2.33. The number of amides is 1. The molecular weight excluding hydrogens is 383 g/mol. The number of thioether (sulfide) groups is 1. The highest BCUT2D eigenvalue weighted by atomic mass is 32.2. The van der Waals surface area contributed by atoms with Crippen LogP contribution in [-0.4, -0.2) is 45.7 Å². The molecule has 0 aliphatic carbocycles. The summed E-state index contributed by atoms with van der Waals surface area (Å²) in [6.07, 6.45) is 1.59. The summed E-state index contributed by atoms with van der Waals surface area (Å²) in [5, 5.41) is 12.7. The lowest BCUT2D eigenvalue weighted by Gasteiger charge is -2.27. The van der Waals surface area contributed by atoms with Crippen LogP contribution in [0.4, 0.5) is 27.6 Å². The maximum absolute atomic E-state index is 13.7. The fourth-order valence-electron chi connectivity index (χ4n) is 2.67. The van der Waals surface area contributed by atoms with Gasteiger partial charge >= 0.3 is 17.8 Å². The molecule has 10 heteroatoms. The molecule has 1 aliphatic rings. The largest absolute Gasteiger partial charge is 0.399 e. The van der Waals surface area contributed by atoms with E-state index in [-0.39, 0.29) is 17.6 Å². The number of benzene rings is 1. The minimum atomic E-state index is -0.571. The summed E-state index contributed by atoms with van der Waals surface area (Å²) in [5.74, 6) is 1.77. The van der Waals surface area contributed by atoms with Crippen molar-refractivity contribution in [1.82, 2.24) is 15.2 Å². The number of pyridine rings is 1. The zero-order valence-electron chi connectivity index (χ0n) is 14.8. The highest BCUT2D eigenvalue weighted by Crippen LogP contribution is 2.20. The number of nitrogens with zero attached hydrogens (tertiary/aromatic N) is 4. The molecule has 0 atom stereocenters. The summed E-state index contributed by atoms with van der Waals surface area (Å²) in [5.41, 5.74) is 0.691. The zero-order chi connectivity index (χ0) is 19.3. The van der Waals surface area contributed by atoms with E-state index < -0.39 is 11.7 Å². The normalized spacial score (nSPS) is 14.0. The van der Waals surface area contributed by atoms with Gasteiger partial charge in [-0.2, -0.15) is 11.8 Å². The van der Waals surface area contributed by atoms with Gasteiger partial charge < -0.3 is 20.0 Å². The summed E-state index contributed by atoms with van der Waals surface area (Å²) in [6.45, 7) is 1.92. The summed E-state index contributed by atoms with van der Waals surface area (Å²) in [4.78, 5) is 18.9. The fraction of sp³-hybridized carbons (Fsp3) is 0.222. The van der Waals surface area contributed by atoms with Crippen LogP contribution in [0, 0.1) is 5.82 Å². The lowest BCUT2D eigenvalue weighted by molar-refractivity contribution is 0.0991. The van der Waals surface area contributed by atoms with Crippen molar-refractivity contribution in [2.24, 2.45) is 0 Å². The molecule has 144 valence electrons. The van der Waals surface area contributed by atoms with Gasteiger partial charge in [0.1, 0.15) is 11.6 Å². The summed E-state index contributed by atoms with van der Waals surface area (Å²) < 4.78 is 18.9. The van der Waals surface area contributed by atoms with Crippen LogP contribution in [0.25, 0.3) is 0 Å². The Kier molecular flexibility index (Phi) is 5.38. The molecule has 8 nitrogen and oxygen atoms in total. The minimum Gasteiger partial charge on any atom is -0.399 e. The van der Waals surface area contributed by atoms with Crippen molar-refractivity contribution in [3.63, 3.8) is 0 Å². The third-order valence-corrected chi connectivity index (χ3v) is 5.02. The monoisotopic (exact) mass is 400 g/mol. The van der Waals surface area contributed by atoms with Crippen LogP contribution in [0.3, 0.4) is 0 Å². The van der Waals surface area contributed by atoms with E-state index in [1.54, 1.807) is 24.4 Å². The van der Waals surface area contributed by atoms with Gasteiger partial charge in [0.2, 0.25) is 0 Å². The van der Waals surface area contributed by atoms with Crippen LogP contribution in [0.15, 0.2) is 47.0 Å². The maximum Gasteiger partial charge on any atom is 0.320 e. The Morgan fingerprint density at radius 1 is 1.14 bits per heavy atom. The van der Waals surface area contributed by atoms with Crippen molar-refractivity contribution < 1.29 is 13.6 Å². The number of carbonyl (C=O) groups is 1. The first-order chi connectivity index (χ1) is 13.7. The van der Waals surface area contributed by atoms with Gasteiger partial charge in [-0.3, -0.25) is 4.79 Å². The van der Waals surface area contributed by atoms with Crippen LogP contribution in [0.2, 0.25) is 0 Å². The molecule has 0 bridgehead atoms. The molecule has 1 fully saturated rings. The van der Waals surface area contributed by atoms with Crippen molar-refractivity contribution in [3.05, 3.63) is 54.3 Å². The molecule has 0 unspecified atom stereocenters. The SMILES string of the molecule is O=C(Nc1ccc(N2CCSCC2)nc1)c1nnc(Nc2ccccc2F)o1. The zero-order valence-corrected chi connectivity index (χ0v) is 15.6. The molecule has 1 aliphatic heterocycles. The number of anilines is 4. The average molecular weight is 400 g/mol. The maximum atomic E-state index is 13.7. The van der Waals surface area contributed by atoms with Gasteiger partial charge in [-0.1, -0.05) is 17.2 Å². The fourth-order valence-corrected chi connectivity index (χ4v) is 3.57. The second-order valence-corrected chi connectivity index (χ2v) is 7.20. The Bertz CT molecular complexity index is 959. The van der Waals surface area contributed by atoms with Gasteiger partial charge in [0, 0.05) is 24.6 Å². The third kappa shape index (κ3) is 4.22. The van der Waals surface area contributed by atoms with Crippen molar-refractivity contribution in [2.75, 3.05) is 40.1 Å². The molecule has 0 saturated carbocycles. The summed E-state index contributed by atoms with van der Waals surface area (Å²) in [7, 11) is 0. The molecule has 2 N–H and O–H groups in total. The van der Waals surface area contributed by atoms with Crippen LogP contribution in [-0.2, 0) is 0 Å². The van der Waals surface area contributed by atoms with Crippen molar-refractivity contribution in [2.45, 2.75) is 0 Å². The van der Waals surface area contributed by atoms with Crippen LogP contribution < -0.4 is 15.5 Å². The van der Waals surface area contributed by atoms with Crippen molar-refractivity contribution in [3.8, 4) is 0 Å². The van der Waals surface area contributed by atoms with E-state index in [1.807, 2.05) is 17.8 Å². The lowest BCUT2D eigenvalue weighted by atomic mass is 10.3. The van der Waals surface area contributed by atoms with Crippen LogP contribution in [0.5, 0.6) is 0 Å². The molecule has 0 radical (unpaired) electrons. The predicted octanol–water partition coefficient (Wildman–Crippen LogP) is 3.15. The molecule has 1 aromatic carbocycles. The Labute approximate surface area is 164 Å². The molecule has 3 heterocycles. The molecule has 1 amide bonds. The van der Waals surface area contributed by atoms with Gasteiger partial charge in [-0.15, -0.1) is 5.10 Å². The van der Waals surface area contributed by atoms with E-state index in [0.29, 0.717) is 5.69 Å². The van der Waals surface area contributed by atoms with Gasteiger partial charge in [-0.05, 0) is 24.3 Å². The first-order valence-corrected chi connectivity index (χ1v) is 9.80. The van der Waals surface area contributed by atoms with E-state index in [4.69, 9.17) is 4.42 Å². The number of halogens is 1. The van der Waals surface area contributed by atoms with E-state index in [1.165, 1.54) is 12.1 Å². The Balaban J connectivity index is 1.38. The minimum absolute atomic E-state index is 0.0771. The standard InChI is InChI=1S/C18H17FN6O2S/c19-13-3-1-2-4-14(13)22-18-24-23-17(27-18)16(26)21-12-5-6-15(20-11-12)25-7-9-28-10-8-25/h1-6,11H,7-10H2,(H,21,26)(H,22,24). The third-order valence-electron chi connectivity index (χ3n) is 4.08. The second-order valence-electron chi connectivity index (χ2n) is 5.98. The average Bonchev–Trinajstić information content (AvgIpc) is 3.20.